The smallest absolute Gasteiger partial charge is 0.491 e. The van der Waals surface area contributed by atoms with E-state index >= 15 is 0 Å². The predicted molar refractivity (Wildman–Crippen MR) is 118 cm³/mol. The molecule has 0 N–H and O–H groups in total. The van der Waals surface area contributed by atoms with Crippen molar-refractivity contribution in [1.29, 1.82) is 0 Å². The van der Waals surface area contributed by atoms with E-state index in [1.54, 1.807) is 6.33 Å². The van der Waals surface area contributed by atoms with Crippen LogP contribution in [0.1, 0.15) is 47.6 Å². The van der Waals surface area contributed by atoms with Gasteiger partial charge in [-0.25, -0.2) is 14.6 Å². The summed E-state index contributed by atoms with van der Waals surface area (Å²) in [6, 6.07) is 6.29. The molecule has 0 aliphatic carbocycles. The third kappa shape index (κ3) is 3.27. The van der Waals surface area contributed by atoms with Crippen molar-refractivity contribution in [3.63, 3.8) is 0 Å². The number of rotatable bonds is 3. The average molecular weight is 421 g/mol. The van der Waals surface area contributed by atoms with Crippen molar-refractivity contribution in [2.24, 2.45) is 0 Å². The molecule has 31 heavy (non-hydrogen) atoms. The first-order chi connectivity index (χ1) is 14.7. The monoisotopic (exact) mass is 421 g/mol. The van der Waals surface area contributed by atoms with E-state index < -0.39 is 7.12 Å². The van der Waals surface area contributed by atoms with Crippen molar-refractivity contribution in [1.82, 2.24) is 24.3 Å². The summed E-state index contributed by atoms with van der Waals surface area (Å²) >= 11 is 0. The summed E-state index contributed by atoms with van der Waals surface area (Å²) in [5.74, 6) is 2.42. The number of fused-ring (bicyclic) bond motifs is 3. The molecule has 0 saturated carbocycles. The predicted octanol–water partition coefficient (Wildman–Crippen LogP) is 3.08. The van der Waals surface area contributed by atoms with Crippen LogP contribution in [0.5, 0.6) is 5.75 Å². The Morgan fingerprint density at radius 3 is 2.52 bits per heavy atom. The lowest BCUT2D eigenvalue weighted by atomic mass is 9.78. The van der Waals surface area contributed by atoms with Crippen LogP contribution in [0.25, 0.3) is 22.9 Å². The van der Waals surface area contributed by atoms with Gasteiger partial charge in [0.1, 0.15) is 30.2 Å². The summed E-state index contributed by atoms with van der Waals surface area (Å²) < 4.78 is 22.5. The van der Waals surface area contributed by atoms with Gasteiger partial charge in [-0.3, -0.25) is 0 Å². The highest BCUT2D eigenvalue weighted by Gasteiger charge is 2.51. The van der Waals surface area contributed by atoms with E-state index in [4.69, 9.17) is 19.0 Å². The quantitative estimate of drug-likeness (QED) is 0.605. The van der Waals surface area contributed by atoms with Gasteiger partial charge in [0.15, 0.2) is 5.82 Å². The van der Waals surface area contributed by atoms with E-state index in [0.29, 0.717) is 13.2 Å². The zero-order chi connectivity index (χ0) is 22.0. The minimum atomic E-state index is -0.429. The number of imidazole rings is 1. The summed E-state index contributed by atoms with van der Waals surface area (Å²) in [5, 5.41) is 4.34. The molecule has 2 aromatic heterocycles. The van der Waals surface area contributed by atoms with Crippen molar-refractivity contribution in [2.75, 3.05) is 6.61 Å². The fraction of sp³-hybridized carbons (Fsp3) is 0.500. The lowest BCUT2D eigenvalue weighted by molar-refractivity contribution is 0.00578. The van der Waals surface area contributed by atoms with Gasteiger partial charge >= 0.3 is 7.12 Å². The summed E-state index contributed by atoms with van der Waals surface area (Å²) in [5.41, 5.74) is 1.92. The summed E-state index contributed by atoms with van der Waals surface area (Å²) in [6.45, 7) is 13.7. The molecule has 1 saturated heterocycles. The Morgan fingerprint density at radius 1 is 1.06 bits per heavy atom. The molecule has 9 heteroatoms. The molecule has 0 bridgehead atoms. The minimum Gasteiger partial charge on any atom is -0.491 e. The number of ether oxygens (including phenoxy) is 1. The molecule has 4 heterocycles. The van der Waals surface area contributed by atoms with Crippen LogP contribution in [0, 0.1) is 0 Å². The largest absolute Gasteiger partial charge is 0.494 e. The van der Waals surface area contributed by atoms with Gasteiger partial charge in [0.2, 0.25) is 0 Å². The van der Waals surface area contributed by atoms with Crippen molar-refractivity contribution >= 4 is 12.6 Å². The molecular formula is C22H28BN5O3. The molecule has 3 aromatic rings. The fourth-order valence-corrected chi connectivity index (χ4v) is 3.94. The molecule has 1 fully saturated rings. The highest BCUT2D eigenvalue weighted by Crippen LogP contribution is 2.38. The standard InChI is InChI=1S/C22H28BN5O3/c1-14(2)28-20(24-13-25-28)17-12-27-9-10-29-18-11-15(7-8-16(18)19(27)26-17)23-30-21(3,4)22(5,6)31-23/h7-8,11-14H,9-10H2,1-6H3. The Morgan fingerprint density at radius 2 is 1.81 bits per heavy atom. The van der Waals surface area contributed by atoms with Gasteiger partial charge < -0.3 is 18.6 Å². The second-order valence-electron chi connectivity index (χ2n) is 9.46. The maximum atomic E-state index is 6.21. The van der Waals surface area contributed by atoms with Crippen LogP contribution in [0.2, 0.25) is 0 Å². The summed E-state index contributed by atoms with van der Waals surface area (Å²) in [7, 11) is -0.429. The lowest BCUT2D eigenvalue weighted by Crippen LogP contribution is -2.41. The molecular weight excluding hydrogens is 393 g/mol. The topological polar surface area (TPSA) is 76.2 Å². The lowest BCUT2D eigenvalue weighted by Gasteiger charge is -2.32. The van der Waals surface area contributed by atoms with E-state index in [2.05, 4.69) is 56.2 Å². The van der Waals surface area contributed by atoms with Gasteiger partial charge in [0.05, 0.1) is 23.3 Å². The number of benzene rings is 1. The first kappa shape index (κ1) is 20.3. The minimum absolute atomic E-state index is 0.206. The van der Waals surface area contributed by atoms with E-state index in [9.17, 15) is 0 Å². The van der Waals surface area contributed by atoms with Gasteiger partial charge in [-0.1, -0.05) is 6.07 Å². The molecule has 0 amide bonds. The second-order valence-corrected chi connectivity index (χ2v) is 9.46. The van der Waals surface area contributed by atoms with Crippen LogP contribution in [-0.4, -0.2) is 49.2 Å². The highest BCUT2D eigenvalue weighted by molar-refractivity contribution is 6.62. The van der Waals surface area contributed by atoms with Gasteiger partial charge in [-0.05, 0) is 59.1 Å². The number of hydrogen-bond donors (Lipinski definition) is 0. The molecule has 1 aromatic carbocycles. The Bertz CT molecular complexity index is 1120. The SMILES string of the molecule is CC(C)n1ncnc1-c1cn2c(n1)-c1ccc(B3OC(C)(C)C(C)(C)O3)cc1OCC2. The Kier molecular flexibility index (Phi) is 4.53. The van der Waals surface area contributed by atoms with Gasteiger partial charge in [0.25, 0.3) is 0 Å². The van der Waals surface area contributed by atoms with Crippen molar-refractivity contribution < 1.29 is 14.0 Å². The van der Waals surface area contributed by atoms with Gasteiger partial charge in [0, 0.05) is 12.2 Å². The Hall–Kier alpha value is -2.65. The van der Waals surface area contributed by atoms with Crippen LogP contribution in [0.15, 0.2) is 30.7 Å². The van der Waals surface area contributed by atoms with Crippen LogP contribution in [-0.2, 0) is 15.9 Å². The molecule has 8 nitrogen and oxygen atoms in total. The number of hydrogen-bond acceptors (Lipinski definition) is 6. The molecule has 0 radical (unpaired) electrons. The van der Waals surface area contributed by atoms with Crippen molar-refractivity contribution in [3.05, 3.63) is 30.7 Å². The molecule has 5 rings (SSSR count). The Labute approximate surface area is 182 Å². The zero-order valence-corrected chi connectivity index (χ0v) is 18.9. The maximum absolute atomic E-state index is 6.21. The van der Waals surface area contributed by atoms with Gasteiger partial charge in [-0.2, -0.15) is 5.10 Å². The zero-order valence-electron chi connectivity index (χ0n) is 18.9. The normalized spacial score (nSPS) is 19.1. The Balaban J connectivity index is 1.52. The first-order valence-corrected chi connectivity index (χ1v) is 10.8. The molecule has 2 aliphatic rings. The van der Waals surface area contributed by atoms with Crippen LogP contribution in [0.3, 0.4) is 0 Å². The summed E-state index contributed by atoms with van der Waals surface area (Å²) in [6.07, 6.45) is 3.60. The highest BCUT2D eigenvalue weighted by atomic mass is 16.7. The third-order valence-electron chi connectivity index (χ3n) is 6.43. The van der Waals surface area contributed by atoms with Crippen LogP contribution in [0.4, 0.5) is 0 Å². The van der Waals surface area contributed by atoms with Crippen LogP contribution >= 0.6 is 0 Å². The van der Waals surface area contributed by atoms with Crippen LogP contribution < -0.4 is 10.2 Å². The molecule has 162 valence electrons. The fourth-order valence-electron chi connectivity index (χ4n) is 3.94. The second kappa shape index (κ2) is 6.93. The van der Waals surface area contributed by atoms with Gasteiger partial charge in [-0.15, -0.1) is 0 Å². The molecule has 0 spiro atoms. The van der Waals surface area contributed by atoms with E-state index in [1.807, 2.05) is 29.1 Å². The van der Waals surface area contributed by atoms with E-state index in [-0.39, 0.29) is 17.2 Å². The van der Waals surface area contributed by atoms with Crippen molar-refractivity contribution in [3.8, 4) is 28.7 Å². The van der Waals surface area contributed by atoms with E-state index in [1.165, 1.54) is 0 Å². The molecule has 2 aliphatic heterocycles. The maximum Gasteiger partial charge on any atom is 0.494 e. The van der Waals surface area contributed by atoms with Crippen molar-refractivity contribution in [2.45, 2.75) is 65.3 Å². The first-order valence-electron chi connectivity index (χ1n) is 10.8. The summed E-state index contributed by atoms with van der Waals surface area (Å²) in [4.78, 5) is 9.34. The third-order valence-corrected chi connectivity index (χ3v) is 6.43. The number of nitrogens with zero attached hydrogens (tertiary/aromatic N) is 5. The number of aromatic nitrogens is 5. The average Bonchev–Trinajstić information content (AvgIpc) is 3.36. The molecule has 0 unspecified atom stereocenters. The molecule has 0 atom stereocenters. The van der Waals surface area contributed by atoms with E-state index in [0.717, 1.165) is 34.1 Å².